The molecule has 3 nitrogen and oxygen atoms in total. The van der Waals surface area contributed by atoms with Crippen molar-refractivity contribution in [1.82, 2.24) is 5.32 Å². The summed E-state index contributed by atoms with van der Waals surface area (Å²) in [6.45, 7) is 5.41. The maximum absolute atomic E-state index is 9.52. The van der Waals surface area contributed by atoms with Crippen LogP contribution in [0.3, 0.4) is 0 Å². The number of benzene rings is 1. The summed E-state index contributed by atoms with van der Waals surface area (Å²) in [6.07, 6.45) is 0. The molecule has 2 unspecified atom stereocenters. The molecule has 0 aromatic heterocycles. The molecule has 1 N–H and O–H groups in total. The fourth-order valence-corrected chi connectivity index (χ4v) is 2.28. The van der Waals surface area contributed by atoms with Crippen LogP contribution in [-0.2, 0) is 5.54 Å². The van der Waals surface area contributed by atoms with Gasteiger partial charge in [0.25, 0.3) is 0 Å². The number of rotatable bonds is 2. The van der Waals surface area contributed by atoms with E-state index < -0.39 is 5.54 Å². The van der Waals surface area contributed by atoms with Gasteiger partial charge in [0.1, 0.15) is 11.3 Å². The summed E-state index contributed by atoms with van der Waals surface area (Å²) in [5, 5.41) is 12.8. The molecular formula is C13H16N2O. The van der Waals surface area contributed by atoms with Crippen molar-refractivity contribution < 1.29 is 4.74 Å². The van der Waals surface area contributed by atoms with Gasteiger partial charge in [-0.25, -0.2) is 0 Å². The van der Waals surface area contributed by atoms with Crippen LogP contribution >= 0.6 is 0 Å². The summed E-state index contributed by atoms with van der Waals surface area (Å²) in [4.78, 5) is 0. The summed E-state index contributed by atoms with van der Waals surface area (Å²) >= 11 is 0. The molecule has 0 saturated heterocycles. The Balaban J connectivity index is 2.55. The highest BCUT2D eigenvalue weighted by Gasteiger charge is 2.43. The minimum Gasteiger partial charge on any atom is -0.493 e. The van der Waals surface area contributed by atoms with E-state index in [1.54, 1.807) is 0 Å². The third-order valence-electron chi connectivity index (χ3n) is 3.17. The Bertz CT molecular complexity index is 424. The van der Waals surface area contributed by atoms with E-state index in [2.05, 4.69) is 11.4 Å². The van der Waals surface area contributed by atoms with Crippen LogP contribution in [-0.4, -0.2) is 13.2 Å². The lowest BCUT2D eigenvalue weighted by Gasteiger charge is -2.38. The van der Waals surface area contributed by atoms with Gasteiger partial charge in [0.05, 0.1) is 12.7 Å². The number of hydrogen-bond donors (Lipinski definition) is 1. The Kier molecular flexibility index (Phi) is 2.84. The van der Waals surface area contributed by atoms with Crippen LogP contribution in [0.15, 0.2) is 24.3 Å². The minimum absolute atomic E-state index is 0.146. The first-order valence-corrected chi connectivity index (χ1v) is 5.63. The van der Waals surface area contributed by atoms with Crippen molar-refractivity contribution in [1.29, 1.82) is 5.26 Å². The van der Waals surface area contributed by atoms with E-state index in [1.807, 2.05) is 38.1 Å². The summed E-state index contributed by atoms with van der Waals surface area (Å²) < 4.78 is 5.65. The third kappa shape index (κ3) is 1.46. The van der Waals surface area contributed by atoms with Crippen molar-refractivity contribution in [2.75, 3.05) is 13.2 Å². The standard InChI is InChI=1S/C13H16N2O/c1-3-15-13(9-14)10(2)8-16-12-7-5-4-6-11(12)13/h4-7,10,15H,3,8H2,1-2H3. The van der Waals surface area contributed by atoms with Gasteiger partial charge in [0, 0.05) is 11.5 Å². The SMILES string of the molecule is CCNC1(C#N)c2ccccc2OCC1C. The van der Waals surface area contributed by atoms with Crippen molar-refractivity contribution in [3.8, 4) is 11.8 Å². The molecule has 3 heteroatoms. The fraction of sp³-hybridized carbons (Fsp3) is 0.462. The van der Waals surface area contributed by atoms with Crippen LogP contribution in [0.1, 0.15) is 19.4 Å². The van der Waals surface area contributed by atoms with Gasteiger partial charge >= 0.3 is 0 Å². The molecule has 0 bridgehead atoms. The van der Waals surface area contributed by atoms with E-state index in [0.29, 0.717) is 6.61 Å². The van der Waals surface area contributed by atoms with Crippen molar-refractivity contribution in [2.45, 2.75) is 19.4 Å². The second-order valence-electron chi connectivity index (χ2n) is 4.16. The first-order valence-electron chi connectivity index (χ1n) is 5.63. The average molecular weight is 216 g/mol. The molecule has 2 atom stereocenters. The molecule has 1 heterocycles. The van der Waals surface area contributed by atoms with Crippen molar-refractivity contribution >= 4 is 0 Å². The number of ether oxygens (including phenoxy) is 1. The molecule has 0 spiro atoms. The summed E-state index contributed by atoms with van der Waals surface area (Å²) in [6, 6.07) is 10.2. The van der Waals surface area contributed by atoms with Crippen molar-refractivity contribution in [3.05, 3.63) is 29.8 Å². The molecule has 0 amide bonds. The monoisotopic (exact) mass is 216 g/mol. The first-order chi connectivity index (χ1) is 7.74. The van der Waals surface area contributed by atoms with Crippen LogP contribution < -0.4 is 10.1 Å². The Hall–Kier alpha value is -1.53. The molecule has 0 aliphatic carbocycles. The third-order valence-corrected chi connectivity index (χ3v) is 3.17. The molecule has 2 rings (SSSR count). The second-order valence-corrected chi connectivity index (χ2v) is 4.16. The quantitative estimate of drug-likeness (QED) is 0.822. The van der Waals surface area contributed by atoms with E-state index in [1.165, 1.54) is 0 Å². The second kappa shape index (κ2) is 4.15. The zero-order valence-electron chi connectivity index (χ0n) is 9.66. The number of nitrogens with zero attached hydrogens (tertiary/aromatic N) is 1. The van der Waals surface area contributed by atoms with Crippen molar-refractivity contribution in [2.24, 2.45) is 5.92 Å². The van der Waals surface area contributed by atoms with Gasteiger partial charge in [-0.15, -0.1) is 0 Å². The topological polar surface area (TPSA) is 45.0 Å². The fourth-order valence-electron chi connectivity index (χ4n) is 2.28. The van der Waals surface area contributed by atoms with E-state index in [4.69, 9.17) is 4.74 Å². The Morgan fingerprint density at radius 2 is 2.31 bits per heavy atom. The smallest absolute Gasteiger partial charge is 0.141 e. The maximum atomic E-state index is 9.52. The highest BCUT2D eigenvalue weighted by atomic mass is 16.5. The number of fused-ring (bicyclic) bond motifs is 1. The predicted octanol–water partition coefficient (Wildman–Crippen LogP) is 2.04. The Morgan fingerprint density at radius 1 is 1.56 bits per heavy atom. The molecular weight excluding hydrogens is 200 g/mol. The van der Waals surface area contributed by atoms with Gasteiger partial charge in [-0.2, -0.15) is 5.26 Å². The van der Waals surface area contributed by atoms with E-state index >= 15 is 0 Å². The van der Waals surface area contributed by atoms with E-state index in [9.17, 15) is 5.26 Å². The average Bonchev–Trinajstić information content (AvgIpc) is 2.33. The van der Waals surface area contributed by atoms with Gasteiger partial charge < -0.3 is 4.74 Å². The molecule has 0 fully saturated rings. The highest BCUT2D eigenvalue weighted by Crippen LogP contribution is 2.39. The van der Waals surface area contributed by atoms with Gasteiger partial charge in [0.2, 0.25) is 0 Å². The number of nitrogens with one attached hydrogen (secondary N) is 1. The first kappa shape index (κ1) is 11.0. The molecule has 1 aromatic rings. The zero-order chi connectivity index (χ0) is 11.6. The van der Waals surface area contributed by atoms with Crippen LogP contribution in [0, 0.1) is 17.2 Å². The summed E-state index contributed by atoms with van der Waals surface area (Å²) in [7, 11) is 0. The summed E-state index contributed by atoms with van der Waals surface area (Å²) in [5.74, 6) is 0.968. The van der Waals surface area contributed by atoms with Gasteiger partial charge in [0.15, 0.2) is 0 Å². The normalized spacial score (nSPS) is 27.7. The Morgan fingerprint density at radius 3 is 3.00 bits per heavy atom. The molecule has 16 heavy (non-hydrogen) atoms. The van der Waals surface area contributed by atoms with Crippen LogP contribution in [0.4, 0.5) is 0 Å². The predicted molar refractivity (Wildman–Crippen MR) is 62.1 cm³/mol. The minimum atomic E-state index is -0.608. The summed E-state index contributed by atoms with van der Waals surface area (Å²) in [5.41, 5.74) is 0.349. The van der Waals surface area contributed by atoms with Gasteiger partial charge in [-0.05, 0) is 12.6 Å². The highest BCUT2D eigenvalue weighted by molar-refractivity contribution is 5.45. The molecule has 0 radical (unpaired) electrons. The molecule has 0 saturated carbocycles. The molecule has 84 valence electrons. The van der Waals surface area contributed by atoms with Crippen molar-refractivity contribution in [3.63, 3.8) is 0 Å². The van der Waals surface area contributed by atoms with Gasteiger partial charge in [-0.3, -0.25) is 5.32 Å². The molecule has 1 aliphatic heterocycles. The van der Waals surface area contributed by atoms with Crippen LogP contribution in [0.5, 0.6) is 5.75 Å². The molecule has 1 aromatic carbocycles. The van der Waals surface area contributed by atoms with Gasteiger partial charge in [-0.1, -0.05) is 32.0 Å². The number of hydrogen-bond acceptors (Lipinski definition) is 3. The number of nitriles is 1. The van der Waals surface area contributed by atoms with Crippen LogP contribution in [0.25, 0.3) is 0 Å². The van der Waals surface area contributed by atoms with E-state index in [0.717, 1.165) is 17.9 Å². The number of para-hydroxylation sites is 1. The maximum Gasteiger partial charge on any atom is 0.141 e. The lowest BCUT2D eigenvalue weighted by atomic mass is 9.78. The molecule has 1 aliphatic rings. The van der Waals surface area contributed by atoms with Crippen LogP contribution in [0.2, 0.25) is 0 Å². The lowest BCUT2D eigenvalue weighted by molar-refractivity contribution is 0.152. The largest absolute Gasteiger partial charge is 0.493 e. The zero-order valence-corrected chi connectivity index (χ0v) is 9.66. The van der Waals surface area contributed by atoms with E-state index in [-0.39, 0.29) is 5.92 Å². The lowest BCUT2D eigenvalue weighted by Crippen LogP contribution is -2.50. The Labute approximate surface area is 96.0 Å².